The van der Waals surface area contributed by atoms with Gasteiger partial charge in [0.2, 0.25) is 0 Å². The largest absolute Gasteiger partial charge is 0.326 e. The predicted molar refractivity (Wildman–Crippen MR) is 73.2 cm³/mol. The summed E-state index contributed by atoms with van der Waals surface area (Å²) in [5, 5.41) is 0.181. The number of benzene rings is 1. The first-order chi connectivity index (χ1) is 8.63. The van der Waals surface area contributed by atoms with Crippen LogP contribution in [0.4, 0.5) is 4.39 Å². The molecule has 0 aliphatic carbocycles. The van der Waals surface area contributed by atoms with E-state index in [4.69, 9.17) is 17.3 Å². The Morgan fingerprint density at radius 3 is 2.89 bits per heavy atom. The van der Waals surface area contributed by atoms with E-state index in [1.165, 1.54) is 12.5 Å². The lowest BCUT2D eigenvalue weighted by Gasteiger charge is -2.33. The lowest BCUT2D eigenvalue weighted by Crippen LogP contribution is -2.39. The maximum atomic E-state index is 13.2. The SMILES string of the molecule is CCN1CCCCC(N)C1c1ccc(F)c(Cl)c1. The lowest BCUT2D eigenvalue weighted by atomic mass is 9.96. The van der Waals surface area contributed by atoms with E-state index < -0.39 is 0 Å². The highest BCUT2D eigenvalue weighted by Gasteiger charge is 2.28. The molecule has 4 heteroatoms. The van der Waals surface area contributed by atoms with Crippen molar-refractivity contribution in [1.29, 1.82) is 0 Å². The van der Waals surface area contributed by atoms with E-state index in [-0.39, 0.29) is 22.9 Å². The van der Waals surface area contributed by atoms with Gasteiger partial charge in [-0.1, -0.05) is 31.0 Å². The van der Waals surface area contributed by atoms with Gasteiger partial charge in [-0.2, -0.15) is 0 Å². The van der Waals surface area contributed by atoms with E-state index in [0.29, 0.717) is 0 Å². The van der Waals surface area contributed by atoms with Crippen LogP contribution >= 0.6 is 11.6 Å². The number of likely N-dealkylation sites (tertiary alicyclic amines) is 1. The van der Waals surface area contributed by atoms with Crippen LogP contribution in [0.25, 0.3) is 0 Å². The molecule has 1 aliphatic heterocycles. The molecule has 2 nitrogen and oxygen atoms in total. The van der Waals surface area contributed by atoms with Gasteiger partial charge in [0.1, 0.15) is 5.82 Å². The van der Waals surface area contributed by atoms with E-state index in [9.17, 15) is 4.39 Å². The minimum atomic E-state index is -0.370. The molecule has 0 saturated carbocycles. The molecule has 0 aromatic heterocycles. The third-order valence-corrected chi connectivity index (χ3v) is 4.01. The second-order valence-electron chi connectivity index (χ2n) is 4.91. The van der Waals surface area contributed by atoms with Crippen molar-refractivity contribution < 1.29 is 4.39 Å². The maximum absolute atomic E-state index is 13.2. The highest BCUT2D eigenvalue weighted by molar-refractivity contribution is 6.30. The molecule has 2 rings (SSSR count). The standard InChI is InChI=1S/C14H20ClFN2/c1-2-18-8-4-3-5-13(17)14(18)10-6-7-12(16)11(15)9-10/h6-7,9,13-14H,2-5,8,17H2,1H3. The van der Waals surface area contributed by atoms with Crippen molar-refractivity contribution in [3.8, 4) is 0 Å². The van der Waals surface area contributed by atoms with Crippen molar-refractivity contribution in [2.24, 2.45) is 5.73 Å². The molecule has 2 atom stereocenters. The van der Waals surface area contributed by atoms with Crippen LogP contribution in [-0.4, -0.2) is 24.0 Å². The summed E-state index contributed by atoms with van der Waals surface area (Å²) in [7, 11) is 0. The minimum Gasteiger partial charge on any atom is -0.326 e. The zero-order chi connectivity index (χ0) is 13.1. The average Bonchev–Trinajstić information content (AvgIpc) is 2.54. The van der Waals surface area contributed by atoms with Gasteiger partial charge in [0.15, 0.2) is 0 Å². The summed E-state index contributed by atoms with van der Waals surface area (Å²) in [4.78, 5) is 2.36. The fraction of sp³-hybridized carbons (Fsp3) is 0.571. The van der Waals surface area contributed by atoms with E-state index in [1.54, 1.807) is 12.1 Å². The Kier molecular flexibility index (Phi) is 4.60. The van der Waals surface area contributed by atoms with Gasteiger partial charge in [-0.15, -0.1) is 0 Å². The monoisotopic (exact) mass is 270 g/mol. The first kappa shape index (κ1) is 13.8. The topological polar surface area (TPSA) is 29.3 Å². The second-order valence-corrected chi connectivity index (χ2v) is 5.31. The summed E-state index contributed by atoms with van der Waals surface area (Å²) in [6.07, 6.45) is 3.34. The second kappa shape index (κ2) is 6.00. The number of nitrogens with two attached hydrogens (primary N) is 1. The normalized spacial score (nSPS) is 26.0. The van der Waals surface area contributed by atoms with Gasteiger partial charge < -0.3 is 5.73 Å². The van der Waals surface area contributed by atoms with E-state index in [1.807, 2.05) is 0 Å². The zero-order valence-electron chi connectivity index (χ0n) is 10.7. The minimum absolute atomic E-state index is 0.0916. The first-order valence-corrected chi connectivity index (χ1v) is 6.96. The molecule has 0 radical (unpaired) electrons. The van der Waals surface area contributed by atoms with E-state index in [2.05, 4.69) is 11.8 Å². The molecule has 2 N–H and O–H groups in total. The molecule has 1 aromatic rings. The number of hydrogen-bond acceptors (Lipinski definition) is 2. The van der Waals surface area contributed by atoms with Crippen LogP contribution in [-0.2, 0) is 0 Å². The third kappa shape index (κ3) is 2.85. The molecule has 2 unspecified atom stereocenters. The van der Waals surface area contributed by atoms with Crippen LogP contribution in [0.15, 0.2) is 18.2 Å². The van der Waals surface area contributed by atoms with Crippen molar-refractivity contribution in [3.63, 3.8) is 0 Å². The van der Waals surface area contributed by atoms with Crippen LogP contribution in [0, 0.1) is 5.82 Å². The predicted octanol–water partition coefficient (Wildman–Crippen LogP) is 3.35. The Bertz CT molecular complexity index is 411. The van der Waals surface area contributed by atoms with Crippen LogP contribution in [0.3, 0.4) is 0 Å². The van der Waals surface area contributed by atoms with Crippen molar-refractivity contribution >= 4 is 11.6 Å². The molecule has 1 heterocycles. The fourth-order valence-electron chi connectivity index (χ4n) is 2.77. The molecule has 0 bridgehead atoms. The summed E-state index contributed by atoms with van der Waals surface area (Å²) in [5.41, 5.74) is 7.31. The maximum Gasteiger partial charge on any atom is 0.141 e. The van der Waals surface area contributed by atoms with Gasteiger partial charge in [0.25, 0.3) is 0 Å². The number of nitrogens with zero attached hydrogens (tertiary/aromatic N) is 1. The van der Waals surface area contributed by atoms with Crippen LogP contribution < -0.4 is 5.73 Å². The van der Waals surface area contributed by atoms with Crippen molar-refractivity contribution in [2.75, 3.05) is 13.1 Å². The Morgan fingerprint density at radius 1 is 1.44 bits per heavy atom. The third-order valence-electron chi connectivity index (χ3n) is 3.72. The molecular formula is C14H20ClFN2. The summed E-state index contributed by atoms with van der Waals surface area (Å²) >= 11 is 5.88. The number of hydrogen-bond donors (Lipinski definition) is 1. The quantitative estimate of drug-likeness (QED) is 0.893. The van der Waals surface area contributed by atoms with Crippen LogP contribution in [0.1, 0.15) is 37.8 Å². The summed E-state index contributed by atoms with van der Waals surface area (Å²) in [6, 6.07) is 5.20. The molecule has 0 amide bonds. The first-order valence-electron chi connectivity index (χ1n) is 6.58. The zero-order valence-corrected chi connectivity index (χ0v) is 11.5. The highest BCUT2D eigenvalue weighted by atomic mass is 35.5. The van der Waals surface area contributed by atoms with E-state index >= 15 is 0 Å². The summed E-state index contributed by atoms with van der Waals surface area (Å²) < 4.78 is 13.2. The number of rotatable bonds is 2. The Hall–Kier alpha value is -0.640. The van der Waals surface area contributed by atoms with Gasteiger partial charge in [-0.05, 0) is 43.6 Å². The average molecular weight is 271 g/mol. The fourth-order valence-corrected chi connectivity index (χ4v) is 2.96. The Labute approximate surface area is 113 Å². The van der Waals surface area contributed by atoms with Gasteiger partial charge in [0.05, 0.1) is 5.02 Å². The van der Waals surface area contributed by atoms with Crippen molar-refractivity contribution in [2.45, 2.75) is 38.3 Å². The Morgan fingerprint density at radius 2 is 2.22 bits per heavy atom. The molecule has 0 spiro atoms. The molecule has 18 heavy (non-hydrogen) atoms. The summed E-state index contributed by atoms with van der Waals surface area (Å²) in [6.45, 7) is 4.13. The van der Waals surface area contributed by atoms with Crippen molar-refractivity contribution in [1.82, 2.24) is 4.90 Å². The highest BCUT2D eigenvalue weighted by Crippen LogP contribution is 2.31. The lowest BCUT2D eigenvalue weighted by molar-refractivity contribution is 0.195. The molecule has 1 aromatic carbocycles. The van der Waals surface area contributed by atoms with Gasteiger partial charge in [-0.3, -0.25) is 4.90 Å². The van der Waals surface area contributed by atoms with Crippen LogP contribution in [0.2, 0.25) is 5.02 Å². The van der Waals surface area contributed by atoms with E-state index in [0.717, 1.165) is 31.5 Å². The molecule has 1 fully saturated rings. The van der Waals surface area contributed by atoms with Gasteiger partial charge in [-0.25, -0.2) is 4.39 Å². The smallest absolute Gasteiger partial charge is 0.141 e. The summed E-state index contributed by atoms with van der Waals surface area (Å²) in [5.74, 6) is -0.370. The van der Waals surface area contributed by atoms with Crippen LogP contribution in [0.5, 0.6) is 0 Å². The Balaban J connectivity index is 2.33. The van der Waals surface area contributed by atoms with Gasteiger partial charge in [0, 0.05) is 12.1 Å². The van der Waals surface area contributed by atoms with Crippen molar-refractivity contribution in [3.05, 3.63) is 34.6 Å². The molecule has 100 valence electrons. The number of halogens is 2. The number of likely N-dealkylation sites (N-methyl/N-ethyl adjacent to an activating group) is 1. The molecular weight excluding hydrogens is 251 g/mol. The van der Waals surface area contributed by atoms with Gasteiger partial charge >= 0.3 is 0 Å². The molecule has 1 aliphatic rings. The molecule has 1 saturated heterocycles.